The van der Waals surface area contributed by atoms with Crippen molar-refractivity contribution in [1.82, 2.24) is 4.90 Å². The van der Waals surface area contributed by atoms with Gasteiger partial charge >= 0.3 is 0 Å². The molecule has 5 heteroatoms. The summed E-state index contributed by atoms with van der Waals surface area (Å²) in [4.78, 5) is 30.3. The first-order chi connectivity index (χ1) is 15.9. The van der Waals surface area contributed by atoms with E-state index >= 15 is 0 Å². The molecule has 5 nitrogen and oxygen atoms in total. The van der Waals surface area contributed by atoms with Crippen molar-refractivity contribution in [1.29, 1.82) is 0 Å². The Kier molecular flexibility index (Phi) is 6.31. The summed E-state index contributed by atoms with van der Waals surface area (Å²) in [6.07, 6.45) is 0.573. The number of likely N-dealkylation sites (N-methyl/N-ethyl adjacent to an activating group) is 1. The molecule has 0 fully saturated rings. The van der Waals surface area contributed by atoms with Crippen molar-refractivity contribution < 1.29 is 14.3 Å². The van der Waals surface area contributed by atoms with Crippen LogP contribution in [0.4, 0.5) is 5.69 Å². The molecular weight excluding hydrogens is 412 g/mol. The number of amides is 2. The fourth-order valence-electron chi connectivity index (χ4n) is 4.05. The summed E-state index contributed by atoms with van der Waals surface area (Å²) in [6.45, 7) is 4.36. The molecule has 0 unspecified atom stereocenters. The first-order valence-electron chi connectivity index (χ1n) is 11.0. The SMILES string of the molecule is COc1ccc(CCN2C(=O)C(c3ccc(C)c(C)c3)=C(N(C)c3ccccc3)C2=O)cc1. The Morgan fingerprint density at radius 2 is 1.55 bits per heavy atom. The second-order valence-corrected chi connectivity index (χ2v) is 8.28. The van der Waals surface area contributed by atoms with Gasteiger partial charge in [-0.15, -0.1) is 0 Å². The average molecular weight is 441 g/mol. The van der Waals surface area contributed by atoms with Gasteiger partial charge in [0.25, 0.3) is 11.8 Å². The molecule has 0 aromatic heterocycles. The average Bonchev–Trinajstić information content (AvgIpc) is 3.09. The largest absolute Gasteiger partial charge is 0.497 e. The molecular formula is C28H28N2O3. The number of rotatable bonds is 7. The van der Waals surface area contributed by atoms with Crippen LogP contribution in [0.2, 0.25) is 0 Å². The van der Waals surface area contributed by atoms with E-state index < -0.39 is 0 Å². The predicted octanol–water partition coefficient (Wildman–Crippen LogP) is 4.77. The van der Waals surface area contributed by atoms with Gasteiger partial charge in [0, 0.05) is 19.3 Å². The summed E-state index contributed by atoms with van der Waals surface area (Å²) in [5, 5.41) is 0. The van der Waals surface area contributed by atoms with Crippen LogP contribution in [0.5, 0.6) is 5.75 Å². The summed E-state index contributed by atoms with van der Waals surface area (Å²) in [6, 6.07) is 23.2. The summed E-state index contributed by atoms with van der Waals surface area (Å²) >= 11 is 0. The van der Waals surface area contributed by atoms with Crippen LogP contribution < -0.4 is 9.64 Å². The molecule has 1 aliphatic rings. The van der Waals surface area contributed by atoms with E-state index in [0.29, 0.717) is 24.2 Å². The van der Waals surface area contributed by atoms with Crippen LogP contribution in [0, 0.1) is 13.8 Å². The molecule has 2 amide bonds. The molecule has 1 aliphatic heterocycles. The molecule has 0 spiro atoms. The van der Waals surface area contributed by atoms with Gasteiger partial charge in [-0.25, -0.2) is 0 Å². The van der Waals surface area contributed by atoms with Gasteiger partial charge in [0.15, 0.2) is 0 Å². The number of para-hydroxylation sites is 1. The van der Waals surface area contributed by atoms with Crippen LogP contribution >= 0.6 is 0 Å². The maximum Gasteiger partial charge on any atom is 0.278 e. The van der Waals surface area contributed by atoms with E-state index in [-0.39, 0.29) is 11.8 Å². The van der Waals surface area contributed by atoms with Gasteiger partial charge in [-0.2, -0.15) is 0 Å². The maximum atomic E-state index is 13.6. The zero-order valence-corrected chi connectivity index (χ0v) is 19.5. The van der Waals surface area contributed by atoms with Crippen molar-refractivity contribution in [3.8, 4) is 5.75 Å². The molecule has 1 heterocycles. The van der Waals surface area contributed by atoms with Crippen LogP contribution in [-0.4, -0.2) is 37.4 Å². The topological polar surface area (TPSA) is 49.9 Å². The second-order valence-electron chi connectivity index (χ2n) is 8.28. The lowest BCUT2D eigenvalue weighted by molar-refractivity contribution is -0.136. The minimum Gasteiger partial charge on any atom is -0.497 e. The number of anilines is 1. The summed E-state index contributed by atoms with van der Waals surface area (Å²) in [5.74, 6) is 0.250. The zero-order valence-electron chi connectivity index (χ0n) is 19.5. The van der Waals surface area contributed by atoms with E-state index in [1.165, 1.54) is 4.90 Å². The van der Waals surface area contributed by atoms with Gasteiger partial charge in [-0.3, -0.25) is 14.5 Å². The highest BCUT2D eigenvalue weighted by molar-refractivity contribution is 6.36. The number of nitrogens with zero attached hydrogens (tertiary/aromatic N) is 2. The number of benzene rings is 3. The number of methoxy groups -OCH3 is 1. The molecule has 33 heavy (non-hydrogen) atoms. The molecule has 0 aliphatic carbocycles. The standard InChI is InChI=1S/C28H28N2O3/c1-19-10-13-22(18-20(19)2)25-26(29(3)23-8-6-5-7-9-23)28(32)30(27(25)31)17-16-21-11-14-24(33-4)15-12-21/h5-15,18H,16-17H2,1-4H3. The summed E-state index contributed by atoms with van der Waals surface area (Å²) < 4.78 is 5.21. The van der Waals surface area contributed by atoms with Gasteiger partial charge in [0.1, 0.15) is 11.4 Å². The van der Waals surface area contributed by atoms with Crippen LogP contribution in [0.15, 0.2) is 78.5 Å². The number of ether oxygens (including phenoxy) is 1. The molecule has 0 radical (unpaired) electrons. The normalized spacial score (nSPS) is 13.6. The van der Waals surface area contributed by atoms with Crippen molar-refractivity contribution in [2.45, 2.75) is 20.3 Å². The van der Waals surface area contributed by atoms with E-state index in [2.05, 4.69) is 0 Å². The van der Waals surface area contributed by atoms with Crippen molar-refractivity contribution >= 4 is 23.1 Å². The number of hydrogen-bond acceptors (Lipinski definition) is 4. The minimum absolute atomic E-state index is 0.255. The Bertz CT molecular complexity index is 1210. The molecule has 168 valence electrons. The molecule has 3 aromatic carbocycles. The molecule has 0 atom stereocenters. The van der Waals surface area contributed by atoms with Gasteiger partial charge < -0.3 is 9.64 Å². The molecule has 0 bridgehead atoms. The Hall–Kier alpha value is -3.86. The summed E-state index contributed by atoms with van der Waals surface area (Å²) in [7, 11) is 3.46. The molecule has 0 N–H and O–H groups in total. The molecule has 3 aromatic rings. The van der Waals surface area contributed by atoms with Crippen molar-refractivity contribution in [2.75, 3.05) is 25.6 Å². The van der Waals surface area contributed by atoms with Gasteiger partial charge in [0.05, 0.1) is 12.7 Å². The first kappa shape index (κ1) is 22.3. The Labute approximate surface area is 194 Å². The van der Waals surface area contributed by atoms with E-state index in [0.717, 1.165) is 33.7 Å². The Morgan fingerprint density at radius 1 is 0.848 bits per heavy atom. The van der Waals surface area contributed by atoms with Crippen molar-refractivity contribution in [2.24, 2.45) is 0 Å². The number of carbonyl (C=O) groups excluding carboxylic acids is 2. The van der Waals surface area contributed by atoms with Crippen LogP contribution in [0.25, 0.3) is 5.57 Å². The van der Waals surface area contributed by atoms with Crippen LogP contribution in [0.3, 0.4) is 0 Å². The third kappa shape index (κ3) is 4.40. The summed E-state index contributed by atoms with van der Waals surface area (Å²) in [5.41, 5.74) is 5.74. The number of aryl methyl sites for hydroxylation is 2. The van der Waals surface area contributed by atoms with Crippen LogP contribution in [-0.2, 0) is 16.0 Å². The Balaban J connectivity index is 1.69. The first-order valence-corrected chi connectivity index (χ1v) is 11.0. The van der Waals surface area contributed by atoms with Gasteiger partial charge in [0.2, 0.25) is 0 Å². The monoisotopic (exact) mass is 440 g/mol. The van der Waals surface area contributed by atoms with E-state index in [1.54, 1.807) is 7.11 Å². The number of hydrogen-bond donors (Lipinski definition) is 0. The third-order valence-corrected chi connectivity index (χ3v) is 6.20. The lowest BCUT2D eigenvalue weighted by atomic mass is 9.99. The highest BCUT2D eigenvalue weighted by atomic mass is 16.5. The lowest BCUT2D eigenvalue weighted by Crippen LogP contribution is -2.35. The molecule has 0 saturated carbocycles. The second kappa shape index (κ2) is 9.33. The van der Waals surface area contributed by atoms with Crippen molar-refractivity contribution in [3.63, 3.8) is 0 Å². The fraction of sp³-hybridized carbons (Fsp3) is 0.214. The van der Waals surface area contributed by atoms with E-state index in [4.69, 9.17) is 4.74 Å². The molecule has 4 rings (SSSR count). The quantitative estimate of drug-likeness (QED) is 0.497. The number of carbonyl (C=O) groups is 2. The minimum atomic E-state index is -0.270. The number of imide groups is 1. The van der Waals surface area contributed by atoms with Gasteiger partial charge in [-0.05, 0) is 66.8 Å². The fourth-order valence-corrected chi connectivity index (χ4v) is 4.05. The predicted molar refractivity (Wildman–Crippen MR) is 131 cm³/mol. The van der Waals surface area contributed by atoms with Gasteiger partial charge in [-0.1, -0.05) is 48.5 Å². The van der Waals surface area contributed by atoms with Crippen molar-refractivity contribution in [3.05, 3.63) is 101 Å². The van der Waals surface area contributed by atoms with E-state index in [9.17, 15) is 9.59 Å². The highest BCUT2D eigenvalue weighted by Crippen LogP contribution is 2.34. The molecule has 0 saturated heterocycles. The Morgan fingerprint density at radius 3 is 2.18 bits per heavy atom. The zero-order chi connectivity index (χ0) is 23.5. The lowest BCUT2D eigenvalue weighted by Gasteiger charge is -2.21. The smallest absolute Gasteiger partial charge is 0.278 e. The maximum absolute atomic E-state index is 13.6. The third-order valence-electron chi connectivity index (χ3n) is 6.20. The highest BCUT2D eigenvalue weighted by Gasteiger charge is 2.40. The van der Waals surface area contributed by atoms with E-state index in [1.807, 2.05) is 98.6 Å². The van der Waals surface area contributed by atoms with Crippen LogP contribution in [0.1, 0.15) is 22.3 Å².